The molecule has 0 heterocycles. The Bertz CT molecular complexity index is 520. The van der Waals surface area contributed by atoms with Crippen LogP contribution in [0.5, 0.6) is 0 Å². The first-order valence-corrected chi connectivity index (χ1v) is 5.83. The lowest BCUT2D eigenvalue weighted by Crippen LogP contribution is -1.86. The molecule has 0 radical (unpaired) electrons. The molecule has 1 aliphatic rings. The number of aliphatic hydroxyl groups excluding tert-OH is 1. The third-order valence-electron chi connectivity index (χ3n) is 2.82. The van der Waals surface area contributed by atoms with Crippen LogP contribution < -0.4 is 5.73 Å². The van der Waals surface area contributed by atoms with Gasteiger partial charge in [0, 0.05) is 12.3 Å². The summed E-state index contributed by atoms with van der Waals surface area (Å²) in [5.41, 5.74) is 12.1. The summed E-state index contributed by atoms with van der Waals surface area (Å²) in [6.45, 7) is 1.93. The summed E-state index contributed by atoms with van der Waals surface area (Å²) in [5, 5.41) is 7.57. The van der Waals surface area contributed by atoms with E-state index in [1.807, 2.05) is 6.07 Å². The molecule has 88 valence electrons. The van der Waals surface area contributed by atoms with Crippen molar-refractivity contribution in [2.75, 3.05) is 12.3 Å². The van der Waals surface area contributed by atoms with Crippen LogP contribution in [0.1, 0.15) is 18.1 Å². The Morgan fingerprint density at radius 3 is 2.47 bits per heavy atom. The minimum atomic E-state index is 0.250. The van der Waals surface area contributed by atoms with Crippen molar-refractivity contribution in [1.29, 1.82) is 0 Å². The third kappa shape index (κ3) is 2.32. The molecule has 2 aromatic rings. The molecule has 0 saturated heterocycles. The van der Waals surface area contributed by atoms with Crippen molar-refractivity contribution in [3.8, 4) is 11.1 Å². The molecule has 0 bridgehead atoms. The second kappa shape index (κ2) is 5.02. The van der Waals surface area contributed by atoms with E-state index in [0.29, 0.717) is 0 Å². The van der Waals surface area contributed by atoms with Crippen molar-refractivity contribution < 1.29 is 5.11 Å². The van der Waals surface area contributed by atoms with Crippen molar-refractivity contribution in [3.05, 3.63) is 53.6 Å². The van der Waals surface area contributed by atoms with Crippen molar-refractivity contribution in [2.24, 2.45) is 0 Å². The smallest absolute Gasteiger partial charge is 0.0402 e. The number of rotatable bonds is 0. The van der Waals surface area contributed by atoms with Gasteiger partial charge in [-0.15, -0.1) is 0 Å². The zero-order valence-corrected chi connectivity index (χ0v) is 9.98. The average molecular weight is 227 g/mol. The molecular weight excluding hydrogens is 210 g/mol. The van der Waals surface area contributed by atoms with Crippen molar-refractivity contribution in [1.82, 2.24) is 0 Å². The van der Waals surface area contributed by atoms with Crippen LogP contribution in [0.2, 0.25) is 0 Å². The lowest BCUT2D eigenvalue weighted by molar-refractivity contribution is 0.318. The van der Waals surface area contributed by atoms with Gasteiger partial charge in [0.15, 0.2) is 0 Å². The van der Waals surface area contributed by atoms with Gasteiger partial charge in [0.2, 0.25) is 0 Å². The van der Waals surface area contributed by atoms with Crippen LogP contribution in [0.4, 0.5) is 5.69 Å². The Morgan fingerprint density at radius 2 is 1.71 bits per heavy atom. The molecule has 17 heavy (non-hydrogen) atoms. The van der Waals surface area contributed by atoms with Crippen molar-refractivity contribution in [2.45, 2.75) is 13.3 Å². The Hall–Kier alpha value is -1.80. The Labute approximate surface area is 102 Å². The average Bonchev–Trinajstić information content (AvgIpc) is 2.67. The largest absolute Gasteiger partial charge is 0.399 e. The molecular formula is C15H17NO. The van der Waals surface area contributed by atoms with E-state index in [2.05, 4.69) is 36.4 Å². The fourth-order valence-corrected chi connectivity index (χ4v) is 2.17. The maximum atomic E-state index is 7.57. The number of aliphatic hydroxyl groups is 1. The van der Waals surface area contributed by atoms with E-state index in [1.54, 1.807) is 6.92 Å². The van der Waals surface area contributed by atoms with Gasteiger partial charge in [0.1, 0.15) is 0 Å². The van der Waals surface area contributed by atoms with E-state index in [0.717, 1.165) is 12.1 Å². The lowest BCUT2D eigenvalue weighted by Gasteiger charge is -2.00. The van der Waals surface area contributed by atoms with Gasteiger partial charge in [-0.05, 0) is 47.7 Å². The monoisotopic (exact) mass is 227 g/mol. The highest BCUT2D eigenvalue weighted by molar-refractivity contribution is 5.78. The zero-order chi connectivity index (χ0) is 12.3. The number of fused-ring (bicyclic) bond motifs is 3. The van der Waals surface area contributed by atoms with Gasteiger partial charge >= 0.3 is 0 Å². The SMILES string of the molecule is CCO.Nc1ccc2c(c1)Cc1ccccc1-2. The number of anilines is 1. The van der Waals surface area contributed by atoms with Crippen LogP contribution in [0.15, 0.2) is 42.5 Å². The minimum Gasteiger partial charge on any atom is -0.399 e. The van der Waals surface area contributed by atoms with E-state index >= 15 is 0 Å². The summed E-state index contributed by atoms with van der Waals surface area (Å²) >= 11 is 0. The summed E-state index contributed by atoms with van der Waals surface area (Å²) in [4.78, 5) is 0. The fraction of sp³-hybridized carbons (Fsp3) is 0.200. The first kappa shape index (κ1) is 11.7. The van der Waals surface area contributed by atoms with Gasteiger partial charge < -0.3 is 10.8 Å². The Balaban J connectivity index is 0.000000329. The summed E-state index contributed by atoms with van der Waals surface area (Å²) in [6.07, 6.45) is 1.02. The molecule has 0 aliphatic heterocycles. The Morgan fingerprint density at radius 1 is 1.06 bits per heavy atom. The number of hydrogen-bond donors (Lipinski definition) is 2. The van der Waals surface area contributed by atoms with Crippen molar-refractivity contribution >= 4 is 5.69 Å². The molecule has 3 N–H and O–H groups in total. The first-order chi connectivity index (χ1) is 8.26. The molecule has 2 aromatic carbocycles. The third-order valence-corrected chi connectivity index (χ3v) is 2.82. The van der Waals surface area contributed by atoms with E-state index in [9.17, 15) is 0 Å². The van der Waals surface area contributed by atoms with Gasteiger partial charge in [-0.2, -0.15) is 0 Å². The van der Waals surface area contributed by atoms with Crippen LogP contribution in [-0.2, 0) is 6.42 Å². The zero-order valence-electron chi connectivity index (χ0n) is 9.98. The number of benzene rings is 2. The standard InChI is InChI=1S/C13H11N.C2H6O/c14-11-5-6-13-10(8-11)7-9-3-1-2-4-12(9)13;1-2-3/h1-6,8H,7,14H2;3H,2H2,1H3. The summed E-state index contributed by atoms with van der Waals surface area (Å²) in [7, 11) is 0. The van der Waals surface area contributed by atoms with E-state index in [4.69, 9.17) is 10.8 Å². The van der Waals surface area contributed by atoms with Crippen LogP contribution in [0, 0.1) is 0 Å². The quantitative estimate of drug-likeness (QED) is 0.580. The Kier molecular flexibility index (Phi) is 3.45. The number of nitrogen functional groups attached to an aromatic ring is 1. The maximum Gasteiger partial charge on any atom is 0.0402 e. The summed E-state index contributed by atoms with van der Waals surface area (Å²) in [6, 6.07) is 14.7. The molecule has 0 spiro atoms. The highest BCUT2D eigenvalue weighted by Gasteiger charge is 2.16. The van der Waals surface area contributed by atoms with Gasteiger partial charge in [0.25, 0.3) is 0 Å². The normalized spacial score (nSPS) is 11.2. The predicted molar refractivity (Wildman–Crippen MR) is 71.9 cm³/mol. The molecule has 2 heteroatoms. The maximum absolute atomic E-state index is 7.57. The van der Waals surface area contributed by atoms with Crippen LogP contribution in [0.3, 0.4) is 0 Å². The summed E-state index contributed by atoms with van der Waals surface area (Å²) < 4.78 is 0. The second-order valence-electron chi connectivity index (χ2n) is 4.07. The van der Waals surface area contributed by atoms with Crippen molar-refractivity contribution in [3.63, 3.8) is 0 Å². The number of nitrogens with two attached hydrogens (primary N) is 1. The van der Waals surface area contributed by atoms with Gasteiger partial charge in [-0.3, -0.25) is 0 Å². The van der Waals surface area contributed by atoms with E-state index in [1.165, 1.54) is 22.3 Å². The van der Waals surface area contributed by atoms with Gasteiger partial charge in [-0.25, -0.2) is 0 Å². The van der Waals surface area contributed by atoms with E-state index < -0.39 is 0 Å². The first-order valence-electron chi connectivity index (χ1n) is 5.83. The van der Waals surface area contributed by atoms with E-state index in [-0.39, 0.29) is 6.61 Å². The molecule has 0 fully saturated rings. The molecule has 0 atom stereocenters. The molecule has 0 unspecified atom stereocenters. The minimum absolute atomic E-state index is 0.250. The predicted octanol–water partition coefficient (Wildman–Crippen LogP) is 2.84. The highest BCUT2D eigenvalue weighted by atomic mass is 16.2. The lowest BCUT2D eigenvalue weighted by atomic mass is 10.1. The molecule has 1 aliphatic carbocycles. The molecule has 0 aromatic heterocycles. The molecule has 3 rings (SSSR count). The molecule has 0 amide bonds. The highest BCUT2D eigenvalue weighted by Crippen LogP contribution is 2.36. The molecule has 2 nitrogen and oxygen atoms in total. The summed E-state index contributed by atoms with van der Waals surface area (Å²) in [5.74, 6) is 0. The molecule has 0 saturated carbocycles. The van der Waals surface area contributed by atoms with Crippen LogP contribution in [-0.4, -0.2) is 11.7 Å². The topological polar surface area (TPSA) is 46.2 Å². The van der Waals surface area contributed by atoms with Crippen LogP contribution in [0.25, 0.3) is 11.1 Å². The number of hydrogen-bond acceptors (Lipinski definition) is 2. The fourth-order valence-electron chi connectivity index (χ4n) is 2.17. The van der Waals surface area contributed by atoms with Gasteiger partial charge in [0.05, 0.1) is 0 Å². The van der Waals surface area contributed by atoms with Crippen LogP contribution >= 0.6 is 0 Å². The van der Waals surface area contributed by atoms with Gasteiger partial charge in [-0.1, -0.05) is 30.3 Å². The second-order valence-corrected chi connectivity index (χ2v) is 4.07.